The zero-order valence-corrected chi connectivity index (χ0v) is 12.9. The Kier molecular flexibility index (Phi) is 3.99. The summed E-state index contributed by atoms with van der Waals surface area (Å²) in [7, 11) is 0. The van der Waals surface area contributed by atoms with Gasteiger partial charge in [-0.1, -0.05) is 29.8 Å². The highest BCUT2D eigenvalue weighted by Crippen LogP contribution is 2.38. The topological polar surface area (TPSA) is 49.3 Å². The van der Waals surface area contributed by atoms with E-state index in [-0.39, 0.29) is 11.6 Å². The Morgan fingerprint density at radius 3 is 2.71 bits per heavy atom. The second-order valence-electron chi connectivity index (χ2n) is 5.97. The second kappa shape index (κ2) is 5.85. The summed E-state index contributed by atoms with van der Waals surface area (Å²) in [4.78, 5) is 12.3. The molecule has 1 amide bonds. The SMILES string of the molecule is Cc1ccc2c(c1)CC[C@H]2NC(=O)c1cccc(C(F)(F)F)c1O. The molecule has 0 saturated carbocycles. The first-order valence-electron chi connectivity index (χ1n) is 7.57. The fourth-order valence-corrected chi connectivity index (χ4v) is 3.09. The Hall–Kier alpha value is -2.50. The fraction of sp³-hybridized carbons (Fsp3) is 0.278. The molecule has 0 bridgehead atoms. The molecule has 1 aliphatic carbocycles. The number of para-hydroxylation sites is 1. The minimum absolute atomic E-state index is 0.262. The maximum atomic E-state index is 12.8. The molecule has 0 fully saturated rings. The number of hydrogen-bond acceptors (Lipinski definition) is 2. The zero-order chi connectivity index (χ0) is 17.5. The number of carbonyl (C=O) groups excluding carboxylic acids is 1. The van der Waals surface area contributed by atoms with Gasteiger partial charge in [0.15, 0.2) is 0 Å². The lowest BCUT2D eigenvalue weighted by molar-refractivity contribution is -0.138. The molecule has 3 nitrogen and oxygen atoms in total. The van der Waals surface area contributed by atoms with Crippen molar-refractivity contribution >= 4 is 5.91 Å². The molecular weight excluding hydrogens is 319 g/mol. The highest BCUT2D eigenvalue weighted by Gasteiger charge is 2.36. The number of rotatable bonds is 2. The number of phenols is 1. The van der Waals surface area contributed by atoms with Gasteiger partial charge in [0, 0.05) is 0 Å². The predicted molar refractivity (Wildman–Crippen MR) is 82.8 cm³/mol. The van der Waals surface area contributed by atoms with Crippen molar-refractivity contribution in [2.24, 2.45) is 0 Å². The van der Waals surface area contributed by atoms with Gasteiger partial charge in [-0.05, 0) is 43.0 Å². The number of aromatic hydroxyl groups is 1. The van der Waals surface area contributed by atoms with Crippen molar-refractivity contribution in [1.29, 1.82) is 0 Å². The van der Waals surface area contributed by atoms with E-state index in [9.17, 15) is 23.1 Å². The zero-order valence-electron chi connectivity index (χ0n) is 12.9. The van der Waals surface area contributed by atoms with Crippen LogP contribution in [0.2, 0.25) is 0 Å². The van der Waals surface area contributed by atoms with Crippen molar-refractivity contribution in [2.45, 2.75) is 32.0 Å². The molecule has 0 aromatic heterocycles. The van der Waals surface area contributed by atoms with E-state index in [1.165, 1.54) is 6.07 Å². The maximum Gasteiger partial charge on any atom is 0.419 e. The van der Waals surface area contributed by atoms with Crippen LogP contribution in [0.15, 0.2) is 36.4 Å². The summed E-state index contributed by atoms with van der Waals surface area (Å²) in [5.74, 6) is -1.75. The number of carbonyl (C=O) groups is 1. The van der Waals surface area contributed by atoms with Gasteiger partial charge in [0.2, 0.25) is 0 Å². The molecule has 2 N–H and O–H groups in total. The van der Waals surface area contributed by atoms with E-state index in [4.69, 9.17) is 0 Å². The molecule has 0 aliphatic heterocycles. The first-order chi connectivity index (χ1) is 11.3. The van der Waals surface area contributed by atoms with Crippen LogP contribution in [0.25, 0.3) is 0 Å². The molecule has 6 heteroatoms. The van der Waals surface area contributed by atoms with Gasteiger partial charge in [-0.25, -0.2) is 0 Å². The standard InChI is InChI=1S/C18H16F3NO2/c1-10-5-7-12-11(9-10)6-8-15(12)22-17(24)13-3-2-4-14(16(13)23)18(19,20)21/h2-5,7,9,15,23H,6,8H2,1H3,(H,22,24)/t15-/m1/s1. The van der Waals surface area contributed by atoms with Crippen LogP contribution in [0.4, 0.5) is 13.2 Å². The van der Waals surface area contributed by atoms with Crippen LogP contribution >= 0.6 is 0 Å². The third-order valence-corrected chi connectivity index (χ3v) is 4.27. The summed E-state index contributed by atoms with van der Waals surface area (Å²) < 4.78 is 38.5. The largest absolute Gasteiger partial charge is 0.506 e. The normalized spacial score (nSPS) is 16.8. The Morgan fingerprint density at radius 2 is 2.00 bits per heavy atom. The maximum absolute atomic E-state index is 12.8. The van der Waals surface area contributed by atoms with Crippen molar-refractivity contribution in [3.63, 3.8) is 0 Å². The van der Waals surface area contributed by atoms with Gasteiger partial charge in [0.1, 0.15) is 5.75 Å². The quantitative estimate of drug-likeness (QED) is 0.867. The minimum Gasteiger partial charge on any atom is -0.506 e. The van der Waals surface area contributed by atoms with Crippen LogP contribution < -0.4 is 5.32 Å². The average Bonchev–Trinajstić information content (AvgIpc) is 2.88. The Bertz CT molecular complexity index is 799. The molecular formula is C18H16F3NO2. The van der Waals surface area contributed by atoms with Crippen LogP contribution in [0.5, 0.6) is 5.75 Å². The number of fused-ring (bicyclic) bond motifs is 1. The van der Waals surface area contributed by atoms with E-state index in [1.54, 1.807) is 0 Å². The highest BCUT2D eigenvalue weighted by atomic mass is 19.4. The molecule has 1 aliphatic rings. The predicted octanol–water partition coefficient (Wildman–Crippen LogP) is 4.14. The van der Waals surface area contributed by atoms with E-state index in [1.807, 2.05) is 25.1 Å². The van der Waals surface area contributed by atoms with Gasteiger partial charge in [-0.2, -0.15) is 13.2 Å². The molecule has 3 rings (SSSR count). The molecule has 0 heterocycles. The lowest BCUT2D eigenvalue weighted by atomic mass is 10.0. The minimum atomic E-state index is -4.71. The van der Waals surface area contributed by atoms with E-state index >= 15 is 0 Å². The number of phenolic OH excluding ortho intramolecular Hbond substituents is 1. The molecule has 24 heavy (non-hydrogen) atoms. The van der Waals surface area contributed by atoms with Crippen LogP contribution in [-0.2, 0) is 12.6 Å². The number of hydrogen-bond donors (Lipinski definition) is 2. The molecule has 126 valence electrons. The molecule has 0 saturated heterocycles. The molecule has 2 aromatic rings. The lowest BCUT2D eigenvalue weighted by Crippen LogP contribution is -2.27. The summed E-state index contributed by atoms with van der Waals surface area (Å²) in [5, 5.41) is 12.5. The molecule has 2 aromatic carbocycles. The summed E-state index contributed by atoms with van der Waals surface area (Å²) in [6.07, 6.45) is -3.22. The van der Waals surface area contributed by atoms with Gasteiger partial charge < -0.3 is 10.4 Å². The Balaban J connectivity index is 1.85. The third kappa shape index (κ3) is 2.96. The van der Waals surface area contributed by atoms with E-state index in [0.717, 1.165) is 35.2 Å². The smallest absolute Gasteiger partial charge is 0.419 e. The summed E-state index contributed by atoms with van der Waals surface area (Å²) in [5.41, 5.74) is 1.65. The third-order valence-electron chi connectivity index (χ3n) is 4.27. The Labute approximate surface area is 137 Å². The fourth-order valence-electron chi connectivity index (χ4n) is 3.09. The van der Waals surface area contributed by atoms with Gasteiger partial charge in [0.25, 0.3) is 5.91 Å². The van der Waals surface area contributed by atoms with Crippen molar-refractivity contribution in [3.05, 3.63) is 64.2 Å². The van der Waals surface area contributed by atoms with Crippen molar-refractivity contribution < 1.29 is 23.1 Å². The van der Waals surface area contributed by atoms with Gasteiger partial charge >= 0.3 is 6.18 Å². The number of amides is 1. The number of halogens is 3. The summed E-state index contributed by atoms with van der Waals surface area (Å²) in [6.45, 7) is 1.98. The van der Waals surface area contributed by atoms with Gasteiger partial charge in [0.05, 0.1) is 17.2 Å². The summed E-state index contributed by atoms with van der Waals surface area (Å²) in [6, 6.07) is 8.69. The van der Waals surface area contributed by atoms with E-state index < -0.39 is 23.4 Å². The number of aryl methyl sites for hydroxylation is 2. The van der Waals surface area contributed by atoms with Crippen molar-refractivity contribution in [2.75, 3.05) is 0 Å². The van der Waals surface area contributed by atoms with E-state index in [2.05, 4.69) is 5.32 Å². The summed E-state index contributed by atoms with van der Waals surface area (Å²) >= 11 is 0. The average molecular weight is 335 g/mol. The van der Waals surface area contributed by atoms with Crippen LogP contribution in [0.1, 0.15) is 45.1 Å². The number of alkyl halides is 3. The van der Waals surface area contributed by atoms with Crippen LogP contribution in [0, 0.1) is 6.92 Å². The highest BCUT2D eigenvalue weighted by molar-refractivity contribution is 5.97. The van der Waals surface area contributed by atoms with Gasteiger partial charge in [-0.3, -0.25) is 4.79 Å². The Morgan fingerprint density at radius 1 is 1.25 bits per heavy atom. The first-order valence-corrected chi connectivity index (χ1v) is 7.57. The number of benzene rings is 2. The first kappa shape index (κ1) is 16.4. The van der Waals surface area contributed by atoms with Crippen molar-refractivity contribution in [1.82, 2.24) is 5.32 Å². The number of nitrogens with one attached hydrogen (secondary N) is 1. The monoisotopic (exact) mass is 335 g/mol. The van der Waals surface area contributed by atoms with Crippen molar-refractivity contribution in [3.8, 4) is 5.75 Å². The second-order valence-corrected chi connectivity index (χ2v) is 5.97. The molecule has 0 spiro atoms. The van der Waals surface area contributed by atoms with Crippen LogP contribution in [-0.4, -0.2) is 11.0 Å². The van der Waals surface area contributed by atoms with Crippen LogP contribution in [0.3, 0.4) is 0 Å². The lowest BCUT2D eigenvalue weighted by Gasteiger charge is -2.16. The molecule has 0 unspecified atom stereocenters. The molecule has 0 radical (unpaired) electrons. The molecule has 1 atom stereocenters. The van der Waals surface area contributed by atoms with Gasteiger partial charge in [-0.15, -0.1) is 0 Å². The van der Waals surface area contributed by atoms with E-state index in [0.29, 0.717) is 6.42 Å².